The van der Waals surface area contributed by atoms with E-state index in [0.717, 1.165) is 17.0 Å². The summed E-state index contributed by atoms with van der Waals surface area (Å²) in [5.41, 5.74) is 2.92. The molecule has 0 saturated carbocycles. The van der Waals surface area contributed by atoms with Crippen molar-refractivity contribution in [3.05, 3.63) is 64.9 Å². The van der Waals surface area contributed by atoms with E-state index in [1.54, 1.807) is 12.1 Å². The number of esters is 1. The van der Waals surface area contributed by atoms with Crippen molar-refractivity contribution >= 4 is 34.4 Å². The summed E-state index contributed by atoms with van der Waals surface area (Å²) in [5.74, 6) is 0.213. The van der Waals surface area contributed by atoms with Crippen LogP contribution in [0.2, 0.25) is 0 Å². The Labute approximate surface area is 160 Å². The Kier molecular flexibility index (Phi) is 5.83. The van der Waals surface area contributed by atoms with Crippen molar-refractivity contribution in [3.8, 4) is 11.3 Å². The van der Waals surface area contributed by atoms with Gasteiger partial charge >= 0.3 is 5.97 Å². The van der Waals surface area contributed by atoms with Crippen LogP contribution in [-0.4, -0.2) is 23.5 Å². The number of rotatable bonds is 6. The van der Waals surface area contributed by atoms with Gasteiger partial charge in [-0.3, -0.25) is 10.1 Å². The molecular weight excluding hydrogens is 364 g/mol. The molecule has 1 N–H and O–H groups in total. The largest absolute Gasteiger partial charge is 0.462 e. The van der Waals surface area contributed by atoms with E-state index in [-0.39, 0.29) is 6.61 Å². The summed E-state index contributed by atoms with van der Waals surface area (Å²) in [6, 6.07) is 11.5. The Hall–Kier alpha value is -3.19. The number of aromatic nitrogens is 1. The number of thiazole rings is 1. The van der Waals surface area contributed by atoms with Crippen molar-refractivity contribution in [3.63, 3.8) is 0 Å². The van der Waals surface area contributed by atoms with Gasteiger partial charge in [-0.2, -0.15) is 0 Å². The van der Waals surface area contributed by atoms with Crippen molar-refractivity contribution in [2.24, 2.45) is 0 Å². The zero-order valence-electron chi connectivity index (χ0n) is 14.9. The van der Waals surface area contributed by atoms with Gasteiger partial charge in [0, 0.05) is 17.0 Å². The summed E-state index contributed by atoms with van der Waals surface area (Å²) in [5, 5.41) is 4.94. The second kappa shape index (κ2) is 8.46. The number of amides is 1. The molecule has 0 aliphatic heterocycles. The van der Waals surface area contributed by atoms with E-state index in [1.807, 2.05) is 43.5 Å². The second-order valence-corrected chi connectivity index (χ2v) is 6.70. The van der Waals surface area contributed by atoms with Gasteiger partial charge in [0.15, 0.2) is 11.7 Å². The number of hydrogen-bond donors (Lipinski definition) is 1. The molecule has 0 atom stereocenters. The van der Waals surface area contributed by atoms with Crippen LogP contribution in [0.1, 0.15) is 17.1 Å². The first-order chi connectivity index (χ1) is 13.0. The van der Waals surface area contributed by atoms with Crippen LogP contribution in [0.4, 0.5) is 5.13 Å². The van der Waals surface area contributed by atoms with Crippen LogP contribution in [-0.2, 0) is 14.3 Å². The molecule has 0 bridgehead atoms. The number of anilines is 1. The lowest BCUT2D eigenvalue weighted by molar-refractivity contribution is -0.142. The molecular formula is C20H18N2O4S. The molecule has 2 heterocycles. The maximum atomic E-state index is 11.9. The van der Waals surface area contributed by atoms with Crippen LogP contribution < -0.4 is 5.32 Å². The number of nitrogens with zero attached hydrogens (tertiary/aromatic N) is 1. The third kappa shape index (κ3) is 5.39. The van der Waals surface area contributed by atoms with Crippen molar-refractivity contribution in [2.75, 3.05) is 11.9 Å². The van der Waals surface area contributed by atoms with E-state index in [2.05, 4.69) is 10.3 Å². The SMILES string of the molecule is Cc1ccc(-c2csc(NC(=O)COC(=O)C=Cc3ccc(C)o3)n2)cc1. The fourth-order valence-corrected chi connectivity index (χ4v) is 2.96. The lowest BCUT2D eigenvalue weighted by atomic mass is 10.1. The summed E-state index contributed by atoms with van der Waals surface area (Å²) >= 11 is 1.31. The molecule has 0 saturated heterocycles. The zero-order valence-corrected chi connectivity index (χ0v) is 15.7. The lowest BCUT2D eigenvalue weighted by Crippen LogP contribution is -2.20. The Morgan fingerprint density at radius 3 is 2.67 bits per heavy atom. The minimum atomic E-state index is -0.626. The minimum absolute atomic E-state index is 0.389. The molecule has 7 heteroatoms. The number of ether oxygens (including phenoxy) is 1. The minimum Gasteiger partial charge on any atom is -0.462 e. The molecule has 0 aliphatic rings. The molecule has 0 radical (unpaired) electrons. The molecule has 3 rings (SSSR count). The van der Waals surface area contributed by atoms with Gasteiger partial charge in [0.1, 0.15) is 11.5 Å². The quantitative estimate of drug-likeness (QED) is 0.510. The van der Waals surface area contributed by atoms with Crippen LogP contribution in [0, 0.1) is 13.8 Å². The zero-order chi connectivity index (χ0) is 19.2. The topological polar surface area (TPSA) is 81.4 Å². The summed E-state index contributed by atoms with van der Waals surface area (Å²) in [4.78, 5) is 27.9. The van der Waals surface area contributed by atoms with Crippen LogP contribution in [0.15, 0.2) is 52.3 Å². The van der Waals surface area contributed by atoms with Crippen LogP contribution >= 0.6 is 11.3 Å². The normalized spacial score (nSPS) is 10.9. The Balaban J connectivity index is 1.48. The smallest absolute Gasteiger partial charge is 0.331 e. The third-order valence-electron chi connectivity index (χ3n) is 3.59. The number of furan rings is 1. The molecule has 138 valence electrons. The highest BCUT2D eigenvalue weighted by Crippen LogP contribution is 2.25. The van der Waals surface area contributed by atoms with Crippen LogP contribution in [0.5, 0.6) is 0 Å². The first-order valence-corrected chi connectivity index (χ1v) is 9.11. The molecule has 1 aromatic carbocycles. The second-order valence-electron chi connectivity index (χ2n) is 5.84. The van der Waals surface area contributed by atoms with Gasteiger partial charge in [0.25, 0.3) is 5.91 Å². The Morgan fingerprint density at radius 1 is 1.19 bits per heavy atom. The molecule has 1 amide bonds. The predicted molar refractivity (Wildman–Crippen MR) is 104 cm³/mol. The molecule has 6 nitrogen and oxygen atoms in total. The number of carbonyl (C=O) groups is 2. The highest BCUT2D eigenvalue weighted by atomic mass is 32.1. The summed E-state index contributed by atoms with van der Waals surface area (Å²) in [6.07, 6.45) is 2.70. The van der Waals surface area contributed by atoms with Crippen LogP contribution in [0.25, 0.3) is 17.3 Å². The van der Waals surface area contributed by atoms with Crippen LogP contribution in [0.3, 0.4) is 0 Å². The average molecular weight is 382 g/mol. The molecule has 0 fully saturated rings. The first-order valence-electron chi connectivity index (χ1n) is 8.23. The summed E-state index contributed by atoms with van der Waals surface area (Å²) in [6.45, 7) is 3.44. The van der Waals surface area contributed by atoms with Gasteiger partial charge in [-0.25, -0.2) is 9.78 Å². The Bertz CT molecular complexity index is 970. The highest BCUT2D eigenvalue weighted by Gasteiger charge is 2.10. The lowest BCUT2D eigenvalue weighted by Gasteiger charge is -2.02. The predicted octanol–water partition coefficient (Wildman–Crippen LogP) is 4.22. The number of aryl methyl sites for hydroxylation is 2. The van der Waals surface area contributed by atoms with Crippen molar-refractivity contribution in [1.29, 1.82) is 0 Å². The maximum Gasteiger partial charge on any atom is 0.331 e. The summed E-state index contributed by atoms with van der Waals surface area (Å²) < 4.78 is 10.2. The van der Waals surface area contributed by atoms with E-state index in [1.165, 1.54) is 29.1 Å². The average Bonchev–Trinajstić information content (AvgIpc) is 3.28. The van der Waals surface area contributed by atoms with Crippen molar-refractivity contribution < 1.29 is 18.7 Å². The number of hydrogen-bond acceptors (Lipinski definition) is 6. The molecule has 27 heavy (non-hydrogen) atoms. The molecule has 0 unspecified atom stereocenters. The van der Waals surface area contributed by atoms with E-state index in [4.69, 9.17) is 9.15 Å². The maximum absolute atomic E-state index is 11.9. The third-order valence-corrected chi connectivity index (χ3v) is 4.35. The monoisotopic (exact) mass is 382 g/mol. The van der Waals surface area contributed by atoms with Gasteiger partial charge in [0.2, 0.25) is 0 Å². The van der Waals surface area contributed by atoms with Crippen molar-refractivity contribution in [1.82, 2.24) is 4.98 Å². The van der Waals surface area contributed by atoms with Gasteiger partial charge < -0.3 is 9.15 Å². The molecule has 0 aliphatic carbocycles. The van der Waals surface area contributed by atoms with Gasteiger partial charge in [-0.1, -0.05) is 29.8 Å². The van der Waals surface area contributed by atoms with Gasteiger partial charge in [0.05, 0.1) is 5.69 Å². The molecule has 3 aromatic rings. The Morgan fingerprint density at radius 2 is 1.96 bits per heavy atom. The summed E-state index contributed by atoms with van der Waals surface area (Å²) in [7, 11) is 0. The first kappa shape index (κ1) is 18.6. The number of carbonyl (C=O) groups excluding carboxylic acids is 2. The van der Waals surface area contributed by atoms with E-state index in [0.29, 0.717) is 10.9 Å². The number of benzene rings is 1. The van der Waals surface area contributed by atoms with E-state index >= 15 is 0 Å². The molecule has 0 spiro atoms. The van der Waals surface area contributed by atoms with E-state index < -0.39 is 11.9 Å². The van der Waals surface area contributed by atoms with Gasteiger partial charge in [-0.15, -0.1) is 11.3 Å². The van der Waals surface area contributed by atoms with Crippen molar-refractivity contribution in [2.45, 2.75) is 13.8 Å². The number of nitrogens with one attached hydrogen (secondary N) is 1. The van der Waals surface area contributed by atoms with E-state index in [9.17, 15) is 9.59 Å². The standard InChI is InChI=1S/C20H18N2O4S/c1-13-3-6-15(7-4-13)17-12-27-20(21-17)22-18(23)11-25-19(24)10-9-16-8-5-14(2)26-16/h3-10,12H,11H2,1-2H3,(H,21,22,23). The van der Waals surface area contributed by atoms with Gasteiger partial charge in [-0.05, 0) is 32.1 Å². The fraction of sp³-hybridized carbons (Fsp3) is 0.150. The fourth-order valence-electron chi connectivity index (χ4n) is 2.22. The highest BCUT2D eigenvalue weighted by molar-refractivity contribution is 7.14. The molecule has 2 aromatic heterocycles.